The van der Waals surface area contributed by atoms with Gasteiger partial charge in [-0.2, -0.15) is 0 Å². The Bertz CT molecular complexity index is 832. The van der Waals surface area contributed by atoms with Crippen LogP contribution in [0, 0.1) is 17.3 Å². The van der Waals surface area contributed by atoms with Crippen LogP contribution in [0.2, 0.25) is 0 Å². The predicted octanol–water partition coefficient (Wildman–Crippen LogP) is 0.181. The fraction of sp³-hybridized carbons (Fsp3) is 0.632. The molecule has 0 bridgehead atoms. The van der Waals surface area contributed by atoms with E-state index in [1.54, 1.807) is 13.0 Å². The third-order valence-corrected chi connectivity index (χ3v) is 7.06. The average Bonchev–Trinajstić information content (AvgIpc) is 3.14. The molecule has 28 heavy (non-hydrogen) atoms. The van der Waals surface area contributed by atoms with Crippen molar-refractivity contribution in [3.05, 3.63) is 24.2 Å². The van der Waals surface area contributed by atoms with E-state index in [1.807, 2.05) is 0 Å². The van der Waals surface area contributed by atoms with Crippen molar-refractivity contribution in [2.24, 2.45) is 17.3 Å². The van der Waals surface area contributed by atoms with Crippen LogP contribution in [-0.4, -0.2) is 55.5 Å². The highest BCUT2D eigenvalue weighted by atomic mass is 16.6. The third kappa shape index (κ3) is 2.26. The van der Waals surface area contributed by atoms with Gasteiger partial charge in [-0.1, -0.05) is 6.92 Å². The molecule has 4 N–H and O–H groups in total. The molecule has 2 heterocycles. The van der Waals surface area contributed by atoms with Gasteiger partial charge >= 0.3 is 11.9 Å². The number of cyclic esters (lactones) is 1. The Hall–Kier alpha value is -2.23. The normalized spacial score (nSPS) is 45.7. The number of hydrogen-bond acceptors (Lipinski definition) is 8. The standard InChI is InChI=1S/C19H22O9/c1-17-6-12(9-2-3-27-8-9)28-16(24)18(17,25)7-14(21)19(26)11(15(22)23)4-10(20)5-13(17)19/h2-3,8,10-13,20,25-26H,4-7H2,1H3,(H,22,23)/t10-,11-,12-,13-,17-,18-,19-/m0/s1. The number of hydrogen-bond donors (Lipinski definition) is 4. The molecular weight excluding hydrogens is 372 g/mol. The minimum atomic E-state index is -2.29. The SMILES string of the molecule is C[C@@]12C[C@@H](c3ccoc3)OC(=O)[C@@]1(O)CC(=O)[C@@]1(O)[C@H]2C[C@@H](O)C[C@H]1C(=O)O. The predicted molar refractivity (Wildman–Crippen MR) is 89.6 cm³/mol. The first kappa shape index (κ1) is 19.1. The Balaban J connectivity index is 1.84. The molecule has 0 amide bonds. The number of carboxylic acids is 1. The number of esters is 1. The Morgan fingerprint density at radius 1 is 1.25 bits per heavy atom. The fourth-order valence-corrected chi connectivity index (χ4v) is 5.44. The monoisotopic (exact) mass is 394 g/mol. The number of aliphatic hydroxyl groups is 3. The van der Waals surface area contributed by atoms with Gasteiger partial charge in [0.05, 0.1) is 24.5 Å². The number of aliphatic hydroxyl groups excluding tert-OH is 1. The molecule has 0 radical (unpaired) electrons. The molecule has 9 nitrogen and oxygen atoms in total. The van der Waals surface area contributed by atoms with Crippen molar-refractivity contribution in [2.75, 3.05) is 0 Å². The van der Waals surface area contributed by atoms with Gasteiger partial charge in [0.1, 0.15) is 11.7 Å². The number of furan rings is 1. The van der Waals surface area contributed by atoms with Gasteiger partial charge < -0.3 is 29.6 Å². The topological polar surface area (TPSA) is 154 Å². The Morgan fingerprint density at radius 3 is 2.57 bits per heavy atom. The van der Waals surface area contributed by atoms with E-state index in [0.717, 1.165) is 0 Å². The van der Waals surface area contributed by atoms with E-state index in [1.165, 1.54) is 12.5 Å². The maximum atomic E-state index is 12.9. The quantitative estimate of drug-likeness (QED) is 0.514. The number of aliphatic carboxylic acids is 1. The molecule has 2 saturated carbocycles. The molecule has 1 aromatic rings. The summed E-state index contributed by atoms with van der Waals surface area (Å²) in [6, 6.07) is 1.60. The number of fused-ring (bicyclic) bond motifs is 3. The van der Waals surface area contributed by atoms with Crippen molar-refractivity contribution in [1.82, 2.24) is 0 Å². The second-order valence-electron chi connectivity index (χ2n) is 8.43. The molecule has 1 aliphatic heterocycles. The summed E-state index contributed by atoms with van der Waals surface area (Å²) in [5, 5.41) is 42.4. The first-order chi connectivity index (χ1) is 13.0. The van der Waals surface area contributed by atoms with Crippen LogP contribution < -0.4 is 0 Å². The molecule has 1 saturated heterocycles. The number of Topliss-reactive ketones (excluding diaryl/α,β-unsaturated/α-hetero) is 1. The van der Waals surface area contributed by atoms with Gasteiger partial charge in [0.25, 0.3) is 0 Å². The van der Waals surface area contributed by atoms with Gasteiger partial charge in [-0.15, -0.1) is 0 Å². The summed E-state index contributed by atoms with van der Waals surface area (Å²) in [5.41, 5.74) is -5.36. The van der Waals surface area contributed by atoms with Gasteiger partial charge in [-0.3, -0.25) is 9.59 Å². The highest BCUT2D eigenvalue weighted by Gasteiger charge is 2.74. The van der Waals surface area contributed by atoms with E-state index in [0.29, 0.717) is 5.56 Å². The van der Waals surface area contributed by atoms with Crippen LogP contribution >= 0.6 is 0 Å². The van der Waals surface area contributed by atoms with Crippen molar-refractivity contribution in [1.29, 1.82) is 0 Å². The van der Waals surface area contributed by atoms with Gasteiger partial charge in [-0.25, -0.2) is 4.79 Å². The first-order valence-electron chi connectivity index (χ1n) is 9.16. The molecular formula is C19H22O9. The van der Waals surface area contributed by atoms with E-state index in [2.05, 4.69) is 0 Å². The second kappa shape index (κ2) is 5.88. The maximum absolute atomic E-state index is 12.9. The van der Waals surface area contributed by atoms with Crippen LogP contribution in [0.3, 0.4) is 0 Å². The van der Waals surface area contributed by atoms with Gasteiger partial charge in [0.15, 0.2) is 11.4 Å². The van der Waals surface area contributed by atoms with Crippen LogP contribution in [0.15, 0.2) is 23.0 Å². The van der Waals surface area contributed by atoms with Crippen molar-refractivity contribution < 1.29 is 44.0 Å². The minimum Gasteiger partial charge on any atom is -0.481 e. The highest BCUT2D eigenvalue weighted by Crippen LogP contribution is 2.62. The number of carbonyl (C=O) groups excluding carboxylic acids is 2. The molecule has 0 unspecified atom stereocenters. The third-order valence-electron chi connectivity index (χ3n) is 7.06. The number of rotatable bonds is 2. The molecule has 1 aromatic heterocycles. The van der Waals surface area contributed by atoms with Crippen molar-refractivity contribution in [3.8, 4) is 0 Å². The molecule has 0 spiro atoms. The summed E-state index contributed by atoms with van der Waals surface area (Å²) >= 11 is 0. The lowest BCUT2D eigenvalue weighted by atomic mass is 9.45. The molecule has 9 heteroatoms. The van der Waals surface area contributed by atoms with Crippen LogP contribution in [-0.2, 0) is 19.1 Å². The zero-order chi connectivity index (χ0) is 20.5. The zero-order valence-electron chi connectivity index (χ0n) is 15.2. The van der Waals surface area contributed by atoms with Crippen molar-refractivity contribution in [2.45, 2.75) is 56.0 Å². The van der Waals surface area contributed by atoms with Crippen LogP contribution in [0.25, 0.3) is 0 Å². The summed E-state index contributed by atoms with van der Waals surface area (Å²) in [7, 11) is 0. The van der Waals surface area contributed by atoms with E-state index in [4.69, 9.17) is 9.15 Å². The molecule has 0 aromatic carbocycles. The zero-order valence-corrected chi connectivity index (χ0v) is 15.2. The molecule has 3 aliphatic rings. The summed E-state index contributed by atoms with van der Waals surface area (Å²) in [5.74, 6) is -6.00. The van der Waals surface area contributed by atoms with Crippen LogP contribution in [0.4, 0.5) is 0 Å². The summed E-state index contributed by atoms with van der Waals surface area (Å²) in [6.45, 7) is 1.54. The van der Waals surface area contributed by atoms with E-state index < -0.39 is 64.8 Å². The highest BCUT2D eigenvalue weighted by molar-refractivity contribution is 5.99. The van der Waals surface area contributed by atoms with E-state index >= 15 is 0 Å². The molecule has 7 atom stereocenters. The number of carboxylic acid groups (broad SMARTS) is 1. The van der Waals surface area contributed by atoms with Gasteiger partial charge in [-0.05, 0) is 25.3 Å². The van der Waals surface area contributed by atoms with Gasteiger partial charge in [0, 0.05) is 23.3 Å². The lowest BCUT2D eigenvalue weighted by Gasteiger charge is -2.62. The lowest BCUT2D eigenvalue weighted by Crippen LogP contribution is -2.75. The largest absolute Gasteiger partial charge is 0.481 e. The Kier molecular flexibility index (Phi) is 4.01. The van der Waals surface area contributed by atoms with Crippen LogP contribution in [0.1, 0.15) is 44.3 Å². The molecule has 3 fully saturated rings. The number of carbonyl (C=O) groups is 3. The summed E-state index contributed by atoms with van der Waals surface area (Å²) < 4.78 is 10.4. The minimum absolute atomic E-state index is 0.0358. The molecule has 2 aliphatic carbocycles. The second-order valence-corrected chi connectivity index (χ2v) is 8.43. The maximum Gasteiger partial charge on any atom is 0.339 e. The van der Waals surface area contributed by atoms with Crippen molar-refractivity contribution >= 4 is 17.7 Å². The molecule has 4 rings (SSSR count). The first-order valence-corrected chi connectivity index (χ1v) is 9.16. The number of ether oxygens (including phenoxy) is 1. The average molecular weight is 394 g/mol. The number of ketones is 1. The lowest BCUT2D eigenvalue weighted by molar-refractivity contribution is -0.264. The summed E-state index contributed by atoms with van der Waals surface area (Å²) in [4.78, 5) is 37.4. The molecule has 152 valence electrons. The summed E-state index contributed by atoms with van der Waals surface area (Å²) in [6.07, 6.45) is -0.199. The van der Waals surface area contributed by atoms with E-state index in [-0.39, 0.29) is 19.3 Å². The smallest absolute Gasteiger partial charge is 0.339 e. The Labute approximate surface area is 159 Å². The van der Waals surface area contributed by atoms with Crippen LogP contribution in [0.5, 0.6) is 0 Å². The van der Waals surface area contributed by atoms with Crippen molar-refractivity contribution in [3.63, 3.8) is 0 Å². The van der Waals surface area contributed by atoms with Gasteiger partial charge in [0.2, 0.25) is 0 Å². The Morgan fingerprint density at radius 2 is 1.96 bits per heavy atom. The van der Waals surface area contributed by atoms with E-state index in [9.17, 15) is 34.8 Å². The fourth-order valence-electron chi connectivity index (χ4n) is 5.44.